The molecule has 1 heterocycles. The molecular formula is C6H8N4O2S3. The second-order valence-electron chi connectivity index (χ2n) is 2.55. The SMILES string of the molecule is CN(C(O)=S)c1nnc(N(C)C(O)=S)s1. The zero-order valence-electron chi connectivity index (χ0n) is 7.91. The smallest absolute Gasteiger partial charge is 0.262 e. The molecule has 0 aliphatic carbocycles. The van der Waals surface area contributed by atoms with Crippen LogP contribution in [0.1, 0.15) is 0 Å². The molecule has 0 aliphatic heterocycles. The lowest BCUT2D eigenvalue weighted by Gasteiger charge is -2.11. The van der Waals surface area contributed by atoms with Crippen LogP contribution >= 0.6 is 35.8 Å². The second-order valence-corrected chi connectivity index (χ2v) is 4.22. The van der Waals surface area contributed by atoms with Crippen molar-refractivity contribution < 1.29 is 10.2 Å². The summed E-state index contributed by atoms with van der Waals surface area (Å²) in [6.07, 6.45) is 0. The van der Waals surface area contributed by atoms with Gasteiger partial charge in [0.2, 0.25) is 10.3 Å². The van der Waals surface area contributed by atoms with Gasteiger partial charge in [0.05, 0.1) is 0 Å². The normalized spacial score (nSPS) is 9.73. The number of hydrogen-bond donors (Lipinski definition) is 2. The topological polar surface area (TPSA) is 72.7 Å². The van der Waals surface area contributed by atoms with Crippen LogP contribution in [0.4, 0.5) is 10.3 Å². The number of nitrogens with zero attached hydrogens (tertiary/aromatic N) is 4. The Morgan fingerprint density at radius 3 is 1.67 bits per heavy atom. The van der Waals surface area contributed by atoms with Gasteiger partial charge in [0.25, 0.3) is 10.3 Å². The van der Waals surface area contributed by atoms with E-state index in [1.807, 2.05) is 0 Å². The molecule has 0 unspecified atom stereocenters. The summed E-state index contributed by atoms with van der Waals surface area (Å²) >= 11 is 10.3. The molecule has 9 heteroatoms. The highest BCUT2D eigenvalue weighted by Gasteiger charge is 2.15. The maximum atomic E-state index is 9.04. The summed E-state index contributed by atoms with van der Waals surface area (Å²) in [5, 5.41) is 25.9. The van der Waals surface area contributed by atoms with E-state index in [0.717, 1.165) is 11.3 Å². The van der Waals surface area contributed by atoms with Crippen LogP contribution in [0.5, 0.6) is 0 Å². The van der Waals surface area contributed by atoms with Gasteiger partial charge in [-0.1, -0.05) is 11.3 Å². The fourth-order valence-corrected chi connectivity index (χ4v) is 1.70. The molecule has 1 aromatic heterocycles. The lowest BCUT2D eigenvalue weighted by molar-refractivity contribution is 0.552. The molecule has 0 amide bonds. The highest BCUT2D eigenvalue weighted by atomic mass is 32.1. The minimum Gasteiger partial charge on any atom is -0.486 e. The van der Waals surface area contributed by atoms with Crippen LogP contribution < -0.4 is 9.80 Å². The van der Waals surface area contributed by atoms with E-state index in [0.29, 0.717) is 10.3 Å². The van der Waals surface area contributed by atoms with Crippen molar-refractivity contribution in [3.63, 3.8) is 0 Å². The summed E-state index contributed by atoms with van der Waals surface area (Å²) in [7, 11) is 3.12. The zero-order chi connectivity index (χ0) is 11.6. The molecule has 0 fully saturated rings. The standard InChI is InChI=1S/C6H8N4O2S3/c1-9(5(11)13)3-7-8-4(15-3)10(2)6(12)14/h1-2H3,(H,11,13)(H,12,14). The first-order valence-electron chi connectivity index (χ1n) is 3.70. The van der Waals surface area contributed by atoms with E-state index in [2.05, 4.69) is 34.6 Å². The number of anilines is 2. The average Bonchev–Trinajstić information content (AvgIpc) is 2.63. The van der Waals surface area contributed by atoms with Crippen molar-refractivity contribution >= 4 is 56.4 Å². The molecule has 0 bridgehead atoms. The fraction of sp³-hybridized carbons (Fsp3) is 0.333. The molecular weight excluding hydrogens is 256 g/mol. The maximum absolute atomic E-state index is 9.04. The molecule has 0 saturated carbocycles. The van der Waals surface area contributed by atoms with E-state index in [-0.39, 0.29) is 10.3 Å². The molecule has 6 nitrogen and oxygen atoms in total. The van der Waals surface area contributed by atoms with Crippen LogP contribution in [0.2, 0.25) is 0 Å². The first-order chi connectivity index (χ1) is 6.93. The molecule has 0 radical (unpaired) electrons. The molecule has 0 spiro atoms. The van der Waals surface area contributed by atoms with E-state index >= 15 is 0 Å². The van der Waals surface area contributed by atoms with Gasteiger partial charge in [-0.3, -0.25) is 9.80 Å². The Balaban J connectivity index is 2.89. The van der Waals surface area contributed by atoms with Gasteiger partial charge >= 0.3 is 0 Å². The second kappa shape index (κ2) is 4.64. The van der Waals surface area contributed by atoms with Crippen LogP contribution in [0, 0.1) is 0 Å². The number of hydrogen-bond acceptors (Lipinski definition) is 5. The Labute approximate surface area is 101 Å². The van der Waals surface area contributed by atoms with E-state index in [9.17, 15) is 0 Å². The van der Waals surface area contributed by atoms with E-state index in [1.54, 1.807) is 14.1 Å². The van der Waals surface area contributed by atoms with Crippen molar-refractivity contribution in [2.75, 3.05) is 23.9 Å². The molecule has 0 atom stereocenters. The van der Waals surface area contributed by atoms with E-state index < -0.39 is 0 Å². The quantitative estimate of drug-likeness (QED) is 0.769. The molecule has 0 saturated heterocycles. The van der Waals surface area contributed by atoms with Gasteiger partial charge in [0.15, 0.2) is 0 Å². The van der Waals surface area contributed by atoms with Gasteiger partial charge in [0, 0.05) is 14.1 Å². The molecule has 0 aromatic carbocycles. The van der Waals surface area contributed by atoms with Crippen molar-refractivity contribution in [2.45, 2.75) is 0 Å². The van der Waals surface area contributed by atoms with Crippen molar-refractivity contribution in [3.05, 3.63) is 0 Å². The van der Waals surface area contributed by atoms with Crippen molar-refractivity contribution in [1.29, 1.82) is 0 Å². The predicted molar refractivity (Wildman–Crippen MR) is 67.2 cm³/mol. The van der Waals surface area contributed by atoms with Crippen molar-refractivity contribution in [3.8, 4) is 0 Å². The zero-order valence-corrected chi connectivity index (χ0v) is 10.4. The predicted octanol–water partition coefficient (Wildman–Crippen LogP) is 1.10. The average molecular weight is 264 g/mol. The van der Waals surface area contributed by atoms with Gasteiger partial charge in [-0.25, -0.2) is 0 Å². The molecule has 15 heavy (non-hydrogen) atoms. The monoisotopic (exact) mass is 264 g/mol. The largest absolute Gasteiger partial charge is 0.486 e. The van der Waals surface area contributed by atoms with Gasteiger partial charge in [0.1, 0.15) is 0 Å². The van der Waals surface area contributed by atoms with Crippen LogP contribution in [-0.2, 0) is 0 Å². The highest BCUT2D eigenvalue weighted by molar-refractivity contribution is 7.80. The lowest BCUT2D eigenvalue weighted by atomic mass is 10.9. The number of aliphatic hydroxyl groups is 2. The van der Waals surface area contributed by atoms with Gasteiger partial charge in [-0.2, -0.15) is 0 Å². The lowest BCUT2D eigenvalue weighted by Crippen LogP contribution is -2.23. The molecule has 82 valence electrons. The Bertz CT molecular complexity index is 359. The van der Waals surface area contributed by atoms with Crippen molar-refractivity contribution in [2.24, 2.45) is 0 Å². The molecule has 1 aromatic rings. The first-order valence-corrected chi connectivity index (χ1v) is 5.33. The third-order valence-electron chi connectivity index (χ3n) is 1.55. The summed E-state index contributed by atoms with van der Waals surface area (Å²) in [5.41, 5.74) is 0. The molecule has 1 rings (SSSR count). The number of aliphatic hydroxyl groups excluding tert-OH is 2. The summed E-state index contributed by atoms with van der Waals surface area (Å²) in [5.74, 6) is 0. The maximum Gasteiger partial charge on any atom is 0.262 e. The Morgan fingerprint density at radius 1 is 1.07 bits per heavy atom. The minimum atomic E-state index is -0.299. The summed E-state index contributed by atoms with van der Waals surface area (Å²) in [6, 6.07) is 0. The van der Waals surface area contributed by atoms with E-state index in [4.69, 9.17) is 10.2 Å². The van der Waals surface area contributed by atoms with Gasteiger partial charge in [-0.15, -0.1) is 10.2 Å². The van der Waals surface area contributed by atoms with Crippen LogP contribution in [0.25, 0.3) is 0 Å². The summed E-state index contributed by atoms with van der Waals surface area (Å²) < 4.78 is 0. The van der Waals surface area contributed by atoms with Gasteiger partial charge in [-0.05, 0) is 24.4 Å². The van der Waals surface area contributed by atoms with Crippen molar-refractivity contribution in [1.82, 2.24) is 10.2 Å². The Kier molecular flexibility index (Phi) is 3.72. The van der Waals surface area contributed by atoms with Crippen LogP contribution in [0.3, 0.4) is 0 Å². The van der Waals surface area contributed by atoms with Crippen LogP contribution in [0.15, 0.2) is 0 Å². The van der Waals surface area contributed by atoms with Gasteiger partial charge < -0.3 is 10.2 Å². The summed E-state index contributed by atoms with van der Waals surface area (Å²) in [4.78, 5) is 2.59. The van der Waals surface area contributed by atoms with E-state index in [1.165, 1.54) is 9.80 Å². The molecule has 2 N–H and O–H groups in total. The summed E-state index contributed by atoms with van der Waals surface area (Å²) in [6.45, 7) is 0. The first kappa shape index (κ1) is 12.0. The highest BCUT2D eigenvalue weighted by Crippen LogP contribution is 2.25. The Morgan fingerprint density at radius 2 is 1.40 bits per heavy atom. The third kappa shape index (κ3) is 2.70. The molecule has 0 aliphatic rings. The number of aromatic nitrogens is 2. The third-order valence-corrected chi connectivity index (χ3v) is 3.18. The number of thiocarbonyl (C=S) groups is 2. The van der Waals surface area contributed by atoms with Crippen LogP contribution in [-0.4, -0.2) is 44.9 Å². The Hall–Kier alpha value is -1.06. The fourth-order valence-electron chi connectivity index (χ4n) is 0.643. The number of rotatable bonds is 2. The minimum absolute atomic E-state index is 0.299.